The Hall–Kier alpha value is -2.96. The number of alkyl carbamates (subject to hydrolysis) is 1. The van der Waals surface area contributed by atoms with Crippen LogP contribution in [0.1, 0.15) is 56.2 Å². The average molecular weight is 574 g/mol. The second-order valence-corrected chi connectivity index (χ2v) is 13.8. The molecule has 0 atom stereocenters. The number of hydrogen-bond acceptors (Lipinski definition) is 9. The number of ether oxygens (including phenoxy) is 2. The summed E-state index contributed by atoms with van der Waals surface area (Å²) in [5.41, 5.74) is 2.20. The number of thiazole rings is 1. The van der Waals surface area contributed by atoms with E-state index in [1.54, 1.807) is 28.3 Å². The molecule has 2 aliphatic rings. The minimum atomic E-state index is -3.60. The van der Waals surface area contributed by atoms with Gasteiger partial charge >= 0.3 is 6.09 Å². The second-order valence-electron chi connectivity index (χ2n) is 10.5. The van der Waals surface area contributed by atoms with Crippen LogP contribution in [0.3, 0.4) is 0 Å². The van der Waals surface area contributed by atoms with E-state index in [0.717, 1.165) is 47.1 Å². The number of nitrogens with zero attached hydrogens (tertiary/aromatic N) is 3. The molecule has 0 radical (unpaired) electrons. The van der Waals surface area contributed by atoms with Gasteiger partial charge < -0.3 is 20.1 Å². The summed E-state index contributed by atoms with van der Waals surface area (Å²) < 4.78 is 39.3. The highest BCUT2D eigenvalue weighted by Crippen LogP contribution is 2.41. The molecular formula is C27H35N5O5S2. The second kappa shape index (κ2) is 11.3. The van der Waals surface area contributed by atoms with Crippen LogP contribution in [0.4, 0.5) is 16.3 Å². The third-order valence-corrected chi connectivity index (χ3v) is 10.4. The number of aryl methyl sites for hydroxylation is 2. The number of anilines is 2. The van der Waals surface area contributed by atoms with Crippen LogP contribution in [0.5, 0.6) is 0 Å². The zero-order valence-corrected chi connectivity index (χ0v) is 24.3. The van der Waals surface area contributed by atoms with Crippen molar-refractivity contribution in [2.75, 3.05) is 18.5 Å². The minimum Gasteiger partial charge on any atom is -0.447 e. The van der Waals surface area contributed by atoms with Crippen molar-refractivity contribution in [3.8, 4) is 10.4 Å². The van der Waals surface area contributed by atoms with Gasteiger partial charge in [-0.1, -0.05) is 6.07 Å². The Morgan fingerprint density at radius 1 is 1.18 bits per heavy atom. The lowest BCUT2D eigenvalue weighted by atomic mass is 9.86. The first-order valence-corrected chi connectivity index (χ1v) is 15.6. The van der Waals surface area contributed by atoms with E-state index in [1.807, 2.05) is 46.0 Å². The Bertz CT molecular complexity index is 1440. The number of carbonyl (C=O) groups is 1. The molecule has 1 aliphatic carbocycles. The van der Waals surface area contributed by atoms with Crippen molar-refractivity contribution in [1.29, 1.82) is 0 Å². The van der Waals surface area contributed by atoms with Gasteiger partial charge in [-0.25, -0.2) is 18.2 Å². The molecule has 1 saturated carbocycles. The summed E-state index contributed by atoms with van der Waals surface area (Å²) >= 11 is 1.55. The maximum absolute atomic E-state index is 13.6. The number of rotatable bonds is 8. The summed E-state index contributed by atoms with van der Waals surface area (Å²) in [5, 5.41) is 11.1. The first-order chi connectivity index (χ1) is 18.6. The lowest BCUT2D eigenvalue weighted by Crippen LogP contribution is -2.40. The van der Waals surface area contributed by atoms with Gasteiger partial charge in [0.05, 0.1) is 39.8 Å². The summed E-state index contributed by atoms with van der Waals surface area (Å²) in [5.74, 6) is 1.05. The highest BCUT2D eigenvalue weighted by molar-refractivity contribution is 7.92. The molecule has 2 aromatic heterocycles. The van der Waals surface area contributed by atoms with E-state index in [0.29, 0.717) is 11.3 Å². The van der Waals surface area contributed by atoms with E-state index in [4.69, 9.17) is 14.5 Å². The van der Waals surface area contributed by atoms with E-state index in [1.165, 1.54) is 0 Å². The molecule has 3 aromatic rings. The molecule has 5 rings (SSSR count). The fraction of sp³-hybridized carbons (Fsp3) is 0.519. The van der Waals surface area contributed by atoms with E-state index in [2.05, 4.69) is 15.7 Å². The van der Waals surface area contributed by atoms with Crippen LogP contribution in [0.15, 0.2) is 35.4 Å². The van der Waals surface area contributed by atoms with Crippen molar-refractivity contribution in [3.63, 3.8) is 0 Å². The number of aromatic nitrogens is 3. The zero-order chi connectivity index (χ0) is 27.7. The Labute approximate surface area is 233 Å². The molecule has 1 aliphatic heterocycles. The fourth-order valence-corrected chi connectivity index (χ4v) is 7.86. The number of carbonyl (C=O) groups excluding carboxylic acids is 1. The quantitative estimate of drug-likeness (QED) is 0.389. The van der Waals surface area contributed by atoms with Crippen molar-refractivity contribution < 1.29 is 22.7 Å². The molecule has 0 bridgehead atoms. The van der Waals surface area contributed by atoms with Gasteiger partial charge in [-0.05, 0) is 58.6 Å². The van der Waals surface area contributed by atoms with Gasteiger partial charge in [-0.2, -0.15) is 5.10 Å². The van der Waals surface area contributed by atoms with Gasteiger partial charge in [0.1, 0.15) is 11.1 Å². The number of nitrogens with one attached hydrogen (secondary N) is 2. The van der Waals surface area contributed by atoms with Gasteiger partial charge in [-0.3, -0.25) is 4.68 Å². The van der Waals surface area contributed by atoms with Gasteiger partial charge in [0.15, 0.2) is 9.84 Å². The molecule has 0 spiro atoms. The fourth-order valence-electron chi connectivity index (χ4n) is 4.99. The van der Waals surface area contributed by atoms with Crippen molar-refractivity contribution in [1.82, 2.24) is 20.1 Å². The van der Waals surface area contributed by atoms with Crippen molar-refractivity contribution in [2.45, 2.75) is 74.7 Å². The molecule has 39 heavy (non-hydrogen) atoms. The summed E-state index contributed by atoms with van der Waals surface area (Å²) in [7, 11) is -1.76. The number of amides is 1. The highest BCUT2D eigenvalue weighted by Gasteiger charge is 2.36. The Morgan fingerprint density at radius 2 is 1.92 bits per heavy atom. The van der Waals surface area contributed by atoms with E-state index < -0.39 is 15.1 Å². The number of hydrogen-bond donors (Lipinski definition) is 2. The Balaban J connectivity index is 1.36. The van der Waals surface area contributed by atoms with Crippen molar-refractivity contribution in [2.24, 2.45) is 7.05 Å². The molecule has 12 heteroatoms. The van der Waals surface area contributed by atoms with Crippen LogP contribution < -0.4 is 10.6 Å². The maximum Gasteiger partial charge on any atom is 0.407 e. The van der Waals surface area contributed by atoms with Crippen LogP contribution in [0, 0.1) is 6.92 Å². The normalized spacial score (nSPS) is 20.0. The van der Waals surface area contributed by atoms with Crippen LogP contribution in [-0.4, -0.2) is 59.9 Å². The number of sulfone groups is 1. The summed E-state index contributed by atoms with van der Waals surface area (Å²) in [4.78, 5) is 17.8. The molecule has 2 N–H and O–H groups in total. The summed E-state index contributed by atoms with van der Waals surface area (Å²) in [6, 6.07) is 7.46. The molecule has 0 unspecified atom stereocenters. The van der Waals surface area contributed by atoms with E-state index >= 15 is 0 Å². The Kier molecular flexibility index (Phi) is 7.97. The van der Waals surface area contributed by atoms with Crippen LogP contribution in [-0.2, 0) is 26.4 Å². The van der Waals surface area contributed by atoms with E-state index in [9.17, 15) is 13.2 Å². The molecule has 1 aromatic carbocycles. The lowest BCUT2D eigenvalue weighted by molar-refractivity contribution is 0.0416. The lowest BCUT2D eigenvalue weighted by Gasteiger charge is -2.28. The molecule has 1 saturated heterocycles. The molecular weight excluding hydrogens is 538 g/mol. The van der Waals surface area contributed by atoms with Gasteiger partial charge in [-0.15, -0.1) is 11.3 Å². The zero-order valence-electron chi connectivity index (χ0n) is 22.6. The summed E-state index contributed by atoms with van der Waals surface area (Å²) in [6.45, 7) is 5.98. The van der Waals surface area contributed by atoms with Crippen LogP contribution in [0.2, 0.25) is 0 Å². The topological polar surface area (TPSA) is 124 Å². The monoisotopic (exact) mass is 573 g/mol. The SMILES string of the molecule is Cc1cc(Nc2ccc(-c3cnc(C4CCC(NC(=O)OC(C)C)CC4)s3)c(S(=O)(=O)C3COC3)c2)n(C)n1. The Morgan fingerprint density at radius 3 is 2.54 bits per heavy atom. The predicted molar refractivity (Wildman–Crippen MR) is 150 cm³/mol. The highest BCUT2D eigenvalue weighted by atomic mass is 32.2. The minimum absolute atomic E-state index is 0.0941. The van der Waals surface area contributed by atoms with Crippen molar-refractivity contribution in [3.05, 3.63) is 41.2 Å². The third-order valence-electron chi connectivity index (χ3n) is 7.14. The van der Waals surface area contributed by atoms with Gasteiger partial charge in [0.2, 0.25) is 0 Å². The van der Waals surface area contributed by atoms with Gasteiger partial charge in [0, 0.05) is 42.5 Å². The standard InChI is InChI=1S/C27H35N5O5S2/c1-16(2)37-27(33)30-19-7-5-18(6-8-19)26-28-13-23(38-26)22-10-9-20(29-25-11-17(3)31-32(25)4)12-24(22)39(34,35)21-14-36-15-21/h9-13,16,18-19,21,29H,5-8,14-15H2,1-4H3,(H,30,33). The maximum atomic E-state index is 13.6. The number of benzene rings is 1. The molecule has 2 fully saturated rings. The first-order valence-electron chi connectivity index (χ1n) is 13.3. The first kappa shape index (κ1) is 27.6. The molecule has 1 amide bonds. The van der Waals surface area contributed by atoms with Crippen molar-refractivity contribution >= 4 is 38.8 Å². The smallest absolute Gasteiger partial charge is 0.407 e. The predicted octanol–water partition coefficient (Wildman–Crippen LogP) is 4.93. The van der Waals surface area contributed by atoms with Crippen LogP contribution >= 0.6 is 11.3 Å². The molecule has 3 heterocycles. The third kappa shape index (κ3) is 6.12. The largest absolute Gasteiger partial charge is 0.447 e. The molecule has 210 valence electrons. The van der Waals surface area contributed by atoms with Gasteiger partial charge in [0.25, 0.3) is 0 Å². The average Bonchev–Trinajstić information content (AvgIpc) is 3.44. The van der Waals surface area contributed by atoms with Crippen LogP contribution in [0.25, 0.3) is 10.4 Å². The molecule has 10 nitrogen and oxygen atoms in total. The van der Waals surface area contributed by atoms with E-state index in [-0.39, 0.29) is 42.3 Å². The summed E-state index contributed by atoms with van der Waals surface area (Å²) in [6.07, 6.45) is 4.77.